The number of hydrogen-bond acceptors (Lipinski definition) is 3. The number of carbonyl (C=O) groups excluding carboxylic acids is 1. The third kappa shape index (κ3) is 1.89. The van der Waals surface area contributed by atoms with Crippen molar-refractivity contribution in [2.75, 3.05) is 29.9 Å². The standard InChI is InChI=1S/C13H17N3O/c1-9-2-3-11-12(6-9)16-5-4-14-8-10(16)7-13(17)15-11/h2-3,6,10,14H,4-5,7-8H2,1H3,(H,15,17)/t10-/m0/s1. The van der Waals surface area contributed by atoms with Gasteiger partial charge in [0.2, 0.25) is 5.91 Å². The van der Waals surface area contributed by atoms with Gasteiger partial charge in [-0.1, -0.05) is 6.07 Å². The summed E-state index contributed by atoms with van der Waals surface area (Å²) < 4.78 is 0. The number of hydrogen-bond donors (Lipinski definition) is 2. The van der Waals surface area contributed by atoms with E-state index in [1.165, 1.54) is 11.3 Å². The van der Waals surface area contributed by atoms with E-state index in [1.807, 2.05) is 12.1 Å². The Morgan fingerprint density at radius 2 is 2.29 bits per heavy atom. The van der Waals surface area contributed by atoms with Crippen LogP contribution in [0.2, 0.25) is 0 Å². The lowest BCUT2D eigenvalue weighted by molar-refractivity contribution is -0.116. The molecule has 3 rings (SSSR count). The number of amides is 1. The van der Waals surface area contributed by atoms with Gasteiger partial charge in [0.15, 0.2) is 0 Å². The number of benzene rings is 1. The van der Waals surface area contributed by atoms with Crippen molar-refractivity contribution in [1.82, 2.24) is 5.32 Å². The van der Waals surface area contributed by atoms with Gasteiger partial charge < -0.3 is 15.5 Å². The molecule has 2 heterocycles. The Morgan fingerprint density at radius 1 is 1.41 bits per heavy atom. The van der Waals surface area contributed by atoms with Crippen LogP contribution in [-0.2, 0) is 4.79 Å². The Morgan fingerprint density at radius 3 is 3.18 bits per heavy atom. The van der Waals surface area contributed by atoms with Crippen molar-refractivity contribution in [3.63, 3.8) is 0 Å². The highest BCUT2D eigenvalue weighted by Gasteiger charge is 2.29. The third-order valence-corrected chi connectivity index (χ3v) is 3.51. The van der Waals surface area contributed by atoms with Crippen LogP contribution in [0.15, 0.2) is 18.2 Å². The van der Waals surface area contributed by atoms with Crippen LogP contribution in [0.5, 0.6) is 0 Å². The molecular formula is C13H17N3O. The van der Waals surface area contributed by atoms with E-state index in [4.69, 9.17) is 0 Å². The van der Waals surface area contributed by atoms with Crippen LogP contribution < -0.4 is 15.5 Å². The monoisotopic (exact) mass is 231 g/mol. The quantitative estimate of drug-likeness (QED) is 0.703. The van der Waals surface area contributed by atoms with Gasteiger partial charge in [0.1, 0.15) is 0 Å². The van der Waals surface area contributed by atoms with Crippen molar-refractivity contribution in [2.45, 2.75) is 19.4 Å². The maximum absolute atomic E-state index is 11.8. The maximum atomic E-state index is 11.8. The summed E-state index contributed by atoms with van der Waals surface area (Å²) in [7, 11) is 0. The van der Waals surface area contributed by atoms with Gasteiger partial charge in [-0.2, -0.15) is 0 Å². The molecule has 0 unspecified atom stereocenters. The van der Waals surface area contributed by atoms with Crippen LogP contribution in [0.1, 0.15) is 12.0 Å². The molecule has 1 amide bonds. The molecule has 0 saturated carbocycles. The second kappa shape index (κ2) is 4.04. The molecule has 0 aromatic heterocycles. The van der Waals surface area contributed by atoms with Gasteiger partial charge in [0, 0.05) is 26.1 Å². The molecule has 1 atom stereocenters. The van der Waals surface area contributed by atoms with Crippen molar-refractivity contribution < 1.29 is 4.79 Å². The molecule has 4 heteroatoms. The van der Waals surface area contributed by atoms with Crippen molar-refractivity contribution >= 4 is 17.3 Å². The van der Waals surface area contributed by atoms with Crippen LogP contribution >= 0.6 is 0 Å². The van der Waals surface area contributed by atoms with Crippen LogP contribution in [0.25, 0.3) is 0 Å². The average molecular weight is 231 g/mol. The number of carbonyl (C=O) groups is 1. The number of nitrogens with zero attached hydrogens (tertiary/aromatic N) is 1. The predicted octanol–water partition coefficient (Wildman–Crippen LogP) is 1.12. The highest BCUT2D eigenvalue weighted by atomic mass is 16.1. The zero-order chi connectivity index (χ0) is 11.8. The van der Waals surface area contributed by atoms with Gasteiger partial charge in [-0.15, -0.1) is 0 Å². The summed E-state index contributed by atoms with van der Waals surface area (Å²) in [5.74, 6) is 0.117. The van der Waals surface area contributed by atoms with E-state index in [0.29, 0.717) is 6.42 Å². The zero-order valence-corrected chi connectivity index (χ0v) is 9.99. The minimum atomic E-state index is 0.117. The lowest BCUT2D eigenvalue weighted by atomic mass is 10.1. The first-order valence-corrected chi connectivity index (χ1v) is 6.12. The molecule has 17 heavy (non-hydrogen) atoms. The van der Waals surface area contributed by atoms with Gasteiger partial charge in [-0.25, -0.2) is 0 Å². The summed E-state index contributed by atoms with van der Waals surface area (Å²) in [6, 6.07) is 6.50. The molecule has 2 aliphatic rings. The molecule has 4 nitrogen and oxygen atoms in total. The number of piperazine rings is 1. The molecule has 2 N–H and O–H groups in total. The Hall–Kier alpha value is -1.55. The number of fused-ring (bicyclic) bond motifs is 3. The lowest BCUT2D eigenvalue weighted by Gasteiger charge is -2.36. The molecule has 1 fully saturated rings. The Kier molecular flexibility index (Phi) is 2.52. The van der Waals surface area contributed by atoms with Crippen LogP contribution in [-0.4, -0.2) is 31.6 Å². The predicted molar refractivity (Wildman–Crippen MR) is 68.4 cm³/mol. The smallest absolute Gasteiger partial charge is 0.226 e. The molecule has 1 aromatic carbocycles. The van der Waals surface area contributed by atoms with E-state index >= 15 is 0 Å². The molecular weight excluding hydrogens is 214 g/mol. The lowest BCUT2D eigenvalue weighted by Crippen LogP contribution is -2.51. The topological polar surface area (TPSA) is 44.4 Å². The normalized spacial score (nSPS) is 23.5. The molecule has 0 spiro atoms. The summed E-state index contributed by atoms with van der Waals surface area (Å²) >= 11 is 0. The largest absolute Gasteiger partial charge is 0.364 e. The zero-order valence-electron chi connectivity index (χ0n) is 9.99. The third-order valence-electron chi connectivity index (χ3n) is 3.51. The first-order valence-electron chi connectivity index (χ1n) is 6.12. The Bertz CT molecular complexity index is 458. The van der Waals surface area contributed by atoms with Crippen molar-refractivity contribution in [3.05, 3.63) is 23.8 Å². The fourth-order valence-corrected chi connectivity index (χ4v) is 2.66. The molecule has 0 aliphatic carbocycles. The highest BCUT2D eigenvalue weighted by Crippen LogP contribution is 2.32. The van der Waals surface area contributed by atoms with E-state index in [0.717, 1.165) is 25.3 Å². The minimum absolute atomic E-state index is 0.117. The average Bonchev–Trinajstić information content (AvgIpc) is 2.45. The number of nitrogens with one attached hydrogen (secondary N) is 2. The summed E-state index contributed by atoms with van der Waals surface area (Å²) in [5.41, 5.74) is 3.35. The SMILES string of the molecule is Cc1ccc2c(c1)N1CCNC[C@@H]1CC(=O)N2. The van der Waals surface area contributed by atoms with Crippen LogP contribution in [0, 0.1) is 6.92 Å². The van der Waals surface area contributed by atoms with Crippen molar-refractivity contribution in [3.8, 4) is 0 Å². The second-order valence-electron chi connectivity index (χ2n) is 4.82. The van der Waals surface area contributed by atoms with E-state index in [-0.39, 0.29) is 11.9 Å². The van der Waals surface area contributed by atoms with Gasteiger partial charge in [-0.05, 0) is 24.6 Å². The molecule has 1 aromatic rings. The number of anilines is 2. The molecule has 1 saturated heterocycles. The van der Waals surface area contributed by atoms with Crippen molar-refractivity contribution in [1.29, 1.82) is 0 Å². The maximum Gasteiger partial charge on any atom is 0.226 e. The summed E-state index contributed by atoms with van der Waals surface area (Å²) in [6.07, 6.45) is 0.570. The van der Waals surface area contributed by atoms with E-state index in [1.54, 1.807) is 0 Å². The number of aryl methyl sites for hydroxylation is 1. The molecule has 2 aliphatic heterocycles. The van der Waals surface area contributed by atoms with Crippen LogP contribution in [0.4, 0.5) is 11.4 Å². The summed E-state index contributed by atoms with van der Waals surface area (Å²) in [4.78, 5) is 14.2. The van der Waals surface area contributed by atoms with Crippen LogP contribution in [0.3, 0.4) is 0 Å². The van der Waals surface area contributed by atoms with Gasteiger partial charge in [-0.3, -0.25) is 4.79 Å². The Labute approximate surface area is 101 Å². The van der Waals surface area contributed by atoms with E-state index in [9.17, 15) is 4.79 Å². The van der Waals surface area contributed by atoms with Crippen molar-refractivity contribution in [2.24, 2.45) is 0 Å². The highest BCUT2D eigenvalue weighted by molar-refractivity contribution is 5.96. The summed E-state index contributed by atoms with van der Waals surface area (Å²) in [5, 5.41) is 6.35. The molecule has 0 radical (unpaired) electrons. The molecule has 90 valence electrons. The first-order chi connectivity index (χ1) is 8.24. The van der Waals surface area contributed by atoms with Gasteiger partial charge in [0.05, 0.1) is 17.4 Å². The fourth-order valence-electron chi connectivity index (χ4n) is 2.66. The Balaban J connectivity index is 2.07. The number of rotatable bonds is 0. The van der Waals surface area contributed by atoms with Gasteiger partial charge in [0.25, 0.3) is 0 Å². The first kappa shape index (κ1) is 10.6. The van der Waals surface area contributed by atoms with Gasteiger partial charge >= 0.3 is 0 Å². The second-order valence-corrected chi connectivity index (χ2v) is 4.82. The fraction of sp³-hybridized carbons (Fsp3) is 0.462. The molecule has 0 bridgehead atoms. The van der Waals surface area contributed by atoms with E-state index in [2.05, 4.69) is 28.5 Å². The summed E-state index contributed by atoms with van der Waals surface area (Å²) in [6.45, 7) is 4.93. The minimum Gasteiger partial charge on any atom is -0.364 e. The van der Waals surface area contributed by atoms with E-state index < -0.39 is 0 Å².